The second-order valence-electron chi connectivity index (χ2n) is 8.46. The predicted octanol–water partition coefficient (Wildman–Crippen LogP) is 4.47. The lowest BCUT2D eigenvalue weighted by Gasteiger charge is -2.61. The summed E-state index contributed by atoms with van der Waals surface area (Å²) in [7, 11) is 0. The zero-order valence-corrected chi connectivity index (χ0v) is 14.3. The second kappa shape index (κ2) is 5.37. The third-order valence-corrected chi connectivity index (χ3v) is 7.01. The van der Waals surface area contributed by atoms with Gasteiger partial charge in [-0.2, -0.15) is 18.4 Å². The molecule has 0 aliphatic heterocycles. The number of carbonyl (C=O) groups is 1. The molecule has 0 spiro atoms. The van der Waals surface area contributed by atoms with Gasteiger partial charge in [-0.15, -0.1) is 0 Å². The topological polar surface area (TPSA) is 50.1 Å². The van der Waals surface area contributed by atoms with E-state index >= 15 is 0 Å². The molecular weight excluding hydrogens is 319 g/mol. The van der Waals surface area contributed by atoms with E-state index in [1.165, 1.54) is 6.92 Å². The van der Waals surface area contributed by atoms with Gasteiger partial charge >= 0.3 is 12.1 Å². The number of rotatable bonds is 3. The Labute approximate surface area is 140 Å². The molecule has 4 fully saturated rings. The number of esters is 1. The van der Waals surface area contributed by atoms with Crippen LogP contribution in [0.3, 0.4) is 0 Å². The molecule has 4 atom stereocenters. The van der Waals surface area contributed by atoms with Gasteiger partial charge in [-0.05, 0) is 44.9 Å². The van der Waals surface area contributed by atoms with Crippen molar-refractivity contribution >= 4 is 5.97 Å². The predicted molar refractivity (Wildman–Crippen MR) is 80.5 cm³/mol. The molecule has 4 aliphatic rings. The lowest BCUT2D eigenvalue weighted by atomic mass is 9.45. The van der Waals surface area contributed by atoms with E-state index in [1.807, 2.05) is 6.92 Å². The maximum atomic E-state index is 12.9. The SMILES string of the molecule is CC(C(=O)OC1(C)C2CC3CC1CC(C#N)(C3)C2)C(C)C(F)(F)F. The fourth-order valence-corrected chi connectivity index (χ4v) is 5.29. The number of nitrogens with zero attached hydrogens (tertiary/aromatic N) is 1. The van der Waals surface area contributed by atoms with E-state index in [4.69, 9.17) is 4.74 Å². The third-order valence-electron chi connectivity index (χ3n) is 7.01. The largest absolute Gasteiger partial charge is 0.459 e. The van der Waals surface area contributed by atoms with Gasteiger partial charge in [0.25, 0.3) is 0 Å². The van der Waals surface area contributed by atoms with Gasteiger partial charge < -0.3 is 4.74 Å². The minimum absolute atomic E-state index is 0.0840. The fraction of sp³-hybridized carbons (Fsp3) is 0.889. The van der Waals surface area contributed by atoms with Crippen LogP contribution in [0.1, 0.15) is 52.9 Å². The van der Waals surface area contributed by atoms with Crippen LogP contribution in [0.25, 0.3) is 0 Å². The summed E-state index contributed by atoms with van der Waals surface area (Å²) in [5.74, 6) is -3.05. The van der Waals surface area contributed by atoms with Gasteiger partial charge in [0.2, 0.25) is 0 Å². The van der Waals surface area contributed by atoms with Crippen molar-refractivity contribution in [1.82, 2.24) is 0 Å². The first-order valence-corrected chi connectivity index (χ1v) is 8.71. The number of hydrogen-bond acceptors (Lipinski definition) is 3. The lowest BCUT2D eigenvalue weighted by molar-refractivity contribution is -0.225. The minimum Gasteiger partial charge on any atom is -0.459 e. The number of carbonyl (C=O) groups excluding carboxylic acids is 1. The first kappa shape index (κ1) is 17.6. The summed E-state index contributed by atoms with van der Waals surface area (Å²) in [4.78, 5) is 12.4. The smallest absolute Gasteiger partial charge is 0.392 e. The molecule has 4 bridgehead atoms. The molecule has 4 saturated carbocycles. The highest BCUT2D eigenvalue weighted by atomic mass is 19.4. The van der Waals surface area contributed by atoms with Gasteiger partial charge in [-0.25, -0.2) is 0 Å². The van der Waals surface area contributed by atoms with Crippen LogP contribution in [0, 0.1) is 46.3 Å². The Hall–Kier alpha value is -1.25. The zero-order valence-electron chi connectivity index (χ0n) is 14.3. The first-order valence-electron chi connectivity index (χ1n) is 8.71. The minimum atomic E-state index is -4.41. The Morgan fingerprint density at radius 1 is 1.21 bits per heavy atom. The maximum Gasteiger partial charge on any atom is 0.392 e. The van der Waals surface area contributed by atoms with Crippen LogP contribution in [0.4, 0.5) is 13.2 Å². The lowest BCUT2D eigenvalue weighted by Crippen LogP contribution is -2.61. The Bertz CT molecular complexity index is 564. The Balaban J connectivity index is 1.76. The molecule has 134 valence electrons. The summed E-state index contributed by atoms with van der Waals surface area (Å²) in [6, 6.07) is 2.47. The van der Waals surface area contributed by atoms with Crippen molar-refractivity contribution < 1.29 is 22.7 Å². The van der Waals surface area contributed by atoms with E-state index < -0.39 is 29.6 Å². The van der Waals surface area contributed by atoms with Gasteiger partial charge in [-0.3, -0.25) is 4.79 Å². The number of ether oxygens (including phenoxy) is 1. The van der Waals surface area contributed by atoms with Crippen molar-refractivity contribution in [1.29, 1.82) is 5.26 Å². The molecule has 24 heavy (non-hydrogen) atoms. The highest BCUT2D eigenvalue weighted by Gasteiger charge is 2.62. The van der Waals surface area contributed by atoms with Crippen molar-refractivity contribution in [2.45, 2.75) is 64.7 Å². The first-order chi connectivity index (χ1) is 11.0. The van der Waals surface area contributed by atoms with Crippen LogP contribution in [0.2, 0.25) is 0 Å². The molecule has 0 aromatic rings. The molecule has 0 saturated heterocycles. The van der Waals surface area contributed by atoms with Gasteiger partial charge in [0.1, 0.15) is 5.60 Å². The van der Waals surface area contributed by atoms with E-state index in [1.54, 1.807) is 0 Å². The van der Waals surface area contributed by atoms with Crippen molar-refractivity contribution in [2.24, 2.45) is 35.0 Å². The van der Waals surface area contributed by atoms with Crippen molar-refractivity contribution in [3.63, 3.8) is 0 Å². The highest BCUT2D eigenvalue weighted by Crippen LogP contribution is 2.64. The van der Waals surface area contributed by atoms with Crippen LogP contribution < -0.4 is 0 Å². The number of halogens is 3. The van der Waals surface area contributed by atoms with Crippen LogP contribution in [0.5, 0.6) is 0 Å². The normalized spacial score (nSPS) is 43.1. The van der Waals surface area contributed by atoms with Crippen molar-refractivity contribution in [2.75, 3.05) is 0 Å². The van der Waals surface area contributed by atoms with Gasteiger partial charge in [-0.1, -0.05) is 13.8 Å². The molecule has 0 radical (unpaired) electrons. The summed E-state index contributed by atoms with van der Waals surface area (Å²) in [6.45, 7) is 4.18. The van der Waals surface area contributed by atoms with E-state index in [-0.39, 0.29) is 17.3 Å². The van der Waals surface area contributed by atoms with Crippen molar-refractivity contribution in [3.8, 4) is 6.07 Å². The molecule has 0 N–H and O–H groups in total. The summed E-state index contributed by atoms with van der Waals surface area (Å²) in [6.07, 6.45) is -0.275. The molecule has 0 aromatic carbocycles. The summed E-state index contributed by atoms with van der Waals surface area (Å²) in [5.41, 5.74) is -1.04. The Morgan fingerprint density at radius 3 is 2.21 bits per heavy atom. The molecule has 6 heteroatoms. The summed E-state index contributed by atoms with van der Waals surface area (Å²) < 4.78 is 44.4. The Kier molecular flexibility index (Phi) is 3.93. The zero-order chi connectivity index (χ0) is 17.9. The van der Waals surface area contributed by atoms with E-state index in [2.05, 4.69) is 6.07 Å². The average molecular weight is 343 g/mol. The van der Waals surface area contributed by atoms with E-state index in [0.717, 1.165) is 26.2 Å². The second-order valence-corrected chi connectivity index (χ2v) is 8.46. The standard InChI is InChI=1S/C18H24F3NO2/c1-10(11(2)18(19,20)21)15(23)24-16(3)13-4-12-5-14(16)8-17(6-12,7-13)9-22/h10-14H,4-8H2,1-3H3. The average Bonchev–Trinajstić information content (AvgIpc) is 2.49. The molecule has 0 heterocycles. The fourth-order valence-electron chi connectivity index (χ4n) is 5.29. The quantitative estimate of drug-likeness (QED) is 0.710. The van der Waals surface area contributed by atoms with Crippen LogP contribution in [-0.4, -0.2) is 17.7 Å². The molecule has 4 aliphatic carbocycles. The summed E-state index contributed by atoms with van der Waals surface area (Å²) in [5, 5.41) is 9.55. The molecule has 0 amide bonds. The Morgan fingerprint density at radius 2 is 1.75 bits per heavy atom. The molecule has 3 nitrogen and oxygen atoms in total. The van der Waals surface area contributed by atoms with Crippen LogP contribution >= 0.6 is 0 Å². The third kappa shape index (κ3) is 2.60. The number of alkyl halides is 3. The van der Waals surface area contributed by atoms with Gasteiger partial charge in [0, 0.05) is 11.8 Å². The molecular formula is C18H24F3NO2. The monoisotopic (exact) mass is 343 g/mol. The van der Waals surface area contributed by atoms with Gasteiger partial charge in [0.05, 0.1) is 23.3 Å². The molecule has 4 unspecified atom stereocenters. The highest BCUT2D eigenvalue weighted by molar-refractivity contribution is 5.73. The maximum absolute atomic E-state index is 12.9. The van der Waals surface area contributed by atoms with E-state index in [0.29, 0.717) is 18.8 Å². The number of nitriles is 1. The van der Waals surface area contributed by atoms with Crippen LogP contribution in [-0.2, 0) is 9.53 Å². The molecule has 0 aromatic heterocycles. The van der Waals surface area contributed by atoms with E-state index in [9.17, 15) is 23.2 Å². The van der Waals surface area contributed by atoms with Crippen LogP contribution in [0.15, 0.2) is 0 Å². The summed E-state index contributed by atoms with van der Waals surface area (Å²) >= 11 is 0. The molecule has 4 rings (SSSR count). The van der Waals surface area contributed by atoms with Crippen molar-refractivity contribution in [3.05, 3.63) is 0 Å². The van der Waals surface area contributed by atoms with Gasteiger partial charge in [0.15, 0.2) is 0 Å². The number of hydrogen-bond donors (Lipinski definition) is 0.